The Morgan fingerprint density at radius 3 is 2.43 bits per heavy atom. The van der Waals surface area contributed by atoms with Crippen molar-refractivity contribution in [2.75, 3.05) is 5.32 Å². The van der Waals surface area contributed by atoms with Crippen LogP contribution in [0.15, 0.2) is 36.5 Å². The van der Waals surface area contributed by atoms with Crippen molar-refractivity contribution < 1.29 is 14.3 Å². The molecule has 0 aliphatic rings. The number of ether oxygens (including phenoxy) is 1. The monoisotopic (exact) mass is 372 g/mol. The molecule has 0 aliphatic heterocycles. The number of aromatic nitrogens is 1. The van der Waals surface area contributed by atoms with Gasteiger partial charge in [0.25, 0.3) is 5.91 Å². The molecule has 0 saturated heterocycles. The Morgan fingerprint density at radius 2 is 1.83 bits per heavy atom. The highest BCUT2D eigenvalue weighted by atomic mass is 35.5. The van der Waals surface area contributed by atoms with Crippen LogP contribution < -0.4 is 5.32 Å². The second kappa shape index (κ2) is 7.64. The number of hydrogen-bond acceptors (Lipinski definition) is 4. The average molecular weight is 374 g/mol. The van der Waals surface area contributed by atoms with Gasteiger partial charge in [-0.1, -0.05) is 40.9 Å². The SMILES string of the molecule is C[C@H](OC(=O)c1ccnc(Cl)c1)C(=O)Nc1c(Cl)cccc1Cl. The van der Waals surface area contributed by atoms with Gasteiger partial charge in [-0.05, 0) is 31.2 Å². The third-order valence-corrected chi connectivity index (χ3v) is 3.66. The molecular weight excluding hydrogens is 363 g/mol. The third-order valence-electron chi connectivity index (χ3n) is 2.83. The van der Waals surface area contributed by atoms with Crippen LogP contribution in [0.4, 0.5) is 5.69 Å². The fourth-order valence-corrected chi connectivity index (χ4v) is 2.32. The fraction of sp³-hybridized carbons (Fsp3) is 0.133. The molecule has 0 fully saturated rings. The number of para-hydroxylation sites is 1. The lowest BCUT2D eigenvalue weighted by atomic mass is 10.2. The predicted molar refractivity (Wildman–Crippen MR) is 89.2 cm³/mol. The van der Waals surface area contributed by atoms with Crippen molar-refractivity contribution in [2.45, 2.75) is 13.0 Å². The minimum atomic E-state index is -1.05. The molecular formula is C15H11Cl3N2O3. The van der Waals surface area contributed by atoms with Crippen molar-refractivity contribution in [1.29, 1.82) is 0 Å². The van der Waals surface area contributed by atoms with Gasteiger partial charge in [-0.3, -0.25) is 4.79 Å². The fourth-order valence-electron chi connectivity index (χ4n) is 1.65. The molecule has 1 heterocycles. The second-order valence-corrected chi connectivity index (χ2v) is 5.70. The van der Waals surface area contributed by atoms with Crippen LogP contribution in [0.3, 0.4) is 0 Å². The van der Waals surface area contributed by atoms with Crippen LogP contribution >= 0.6 is 34.8 Å². The average Bonchev–Trinajstić information content (AvgIpc) is 2.50. The van der Waals surface area contributed by atoms with Crippen molar-refractivity contribution in [2.24, 2.45) is 0 Å². The van der Waals surface area contributed by atoms with E-state index in [0.717, 1.165) is 0 Å². The lowest BCUT2D eigenvalue weighted by Crippen LogP contribution is -2.30. The van der Waals surface area contributed by atoms with Crippen molar-refractivity contribution in [3.63, 3.8) is 0 Å². The molecule has 1 amide bonds. The summed E-state index contributed by atoms with van der Waals surface area (Å²) in [7, 11) is 0. The number of carbonyl (C=O) groups is 2. The van der Waals surface area contributed by atoms with Gasteiger partial charge in [-0.25, -0.2) is 9.78 Å². The zero-order chi connectivity index (χ0) is 17.0. The van der Waals surface area contributed by atoms with Crippen LogP contribution in [-0.2, 0) is 9.53 Å². The molecule has 2 rings (SSSR count). The van der Waals surface area contributed by atoms with Crippen LogP contribution in [0.2, 0.25) is 15.2 Å². The molecule has 1 N–H and O–H groups in total. The lowest BCUT2D eigenvalue weighted by Gasteiger charge is -2.15. The standard InChI is InChI=1S/C15H11Cl3N2O3/c1-8(23-15(22)9-5-6-19-12(18)7-9)14(21)20-13-10(16)3-2-4-11(13)17/h2-8H,1H3,(H,20,21)/t8-/m0/s1. The molecule has 0 saturated carbocycles. The topological polar surface area (TPSA) is 68.3 Å². The molecule has 0 radical (unpaired) electrons. The molecule has 8 heteroatoms. The van der Waals surface area contributed by atoms with E-state index in [1.807, 2.05) is 0 Å². The first-order valence-electron chi connectivity index (χ1n) is 6.46. The highest BCUT2D eigenvalue weighted by Gasteiger charge is 2.21. The Bertz CT molecular complexity index is 732. The number of nitrogens with one attached hydrogen (secondary N) is 1. The summed E-state index contributed by atoms with van der Waals surface area (Å²) in [5.41, 5.74) is 0.455. The van der Waals surface area contributed by atoms with Crippen LogP contribution in [0, 0.1) is 0 Å². The first-order chi connectivity index (χ1) is 10.9. The number of esters is 1. The summed E-state index contributed by atoms with van der Waals surface area (Å²) in [4.78, 5) is 27.8. The molecule has 5 nitrogen and oxygen atoms in total. The van der Waals surface area contributed by atoms with E-state index in [0.29, 0.717) is 0 Å². The highest BCUT2D eigenvalue weighted by molar-refractivity contribution is 6.39. The number of amides is 1. The largest absolute Gasteiger partial charge is 0.449 e. The summed E-state index contributed by atoms with van der Waals surface area (Å²) in [6.07, 6.45) is 0.314. The Balaban J connectivity index is 2.04. The maximum absolute atomic E-state index is 12.1. The predicted octanol–water partition coefficient (Wildman–Crippen LogP) is 4.23. The maximum atomic E-state index is 12.1. The first-order valence-corrected chi connectivity index (χ1v) is 7.59. The highest BCUT2D eigenvalue weighted by Crippen LogP contribution is 2.29. The quantitative estimate of drug-likeness (QED) is 0.643. The Kier molecular flexibility index (Phi) is 5.82. The number of rotatable bonds is 4. The van der Waals surface area contributed by atoms with Gasteiger partial charge in [0.05, 0.1) is 21.3 Å². The van der Waals surface area contributed by atoms with Gasteiger partial charge >= 0.3 is 5.97 Å². The van der Waals surface area contributed by atoms with Gasteiger partial charge in [0, 0.05) is 6.20 Å². The molecule has 1 atom stereocenters. The number of anilines is 1. The number of benzene rings is 1. The van der Waals surface area contributed by atoms with Gasteiger partial charge < -0.3 is 10.1 Å². The van der Waals surface area contributed by atoms with Crippen LogP contribution in [0.25, 0.3) is 0 Å². The van der Waals surface area contributed by atoms with E-state index in [9.17, 15) is 9.59 Å². The maximum Gasteiger partial charge on any atom is 0.339 e. The summed E-state index contributed by atoms with van der Waals surface area (Å²) >= 11 is 17.6. The molecule has 0 aliphatic carbocycles. The smallest absolute Gasteiger partial charge is 0.339 e. The van der Waals surface area contributed by atoms with Gasteiger partial charge in [-0.15, -0.1) is 0 Å². The van der Waals surface area contributed by atoms with E-state index < -0.39 is 18.0 Å². The molecule has 1 aromatic heterocycles. The van der Waals surface area contributed by atoms with Gasteiger partial charge in [0.1, 0.15) is 5.15 Å². The van der Waals surface area contributed by atoms with E-state index in [-0.39, 0.29) is 26.4 Å². The molecule has 1 aromatic carbocycles. The van der Waals surface area contributed by atoms with Gasteiger partial charge in [0.2, 0.25) is 0 Å². The van der Waals surface area contributed by atoms with Gasteiger partial charge in [0.15, 0.2) is 6.10 Å². The van der Waals surface area contributed by atoms with Crippen molar-refractivity contribution in [3.8, 4) is 0 Å². The summed E-state index contributed by atoms with van der Waals surface area (Å²) in [5.74, 6) is -1.25. The number of hydrogen-bond donors (Lipinski definition) is 1. The lowest BCUT2D eigenvalue weighted by molar-refractivity contribution is -0.123. The first kappa shape index (κ1) is 17.5. The molecule has 0 spiro atoms. The van der Waals surface area contributed by atoms with E-state index in [1.54, 1.807) is 18.2 Å². The third kappa shape index (κ3) is 4.58. The summed E-state index contributed by atoms with van der Waals surface area (Å²) in [5, 5.41) is 3.25. The summed E-state index contributed by atoms with van der Waals surface area (Å²) in [6, 6.07) is 7.59. The van der Waals surface area contributed by atoms with E-state index in [1.165, 1.54) is 25.3 Å². The van der Waals surface area contributed by atoms with E-state index in [4.69, 9.17) is 39.5 Å². The van der Waals surface area contributed by atoms with Crippen LogP contribution in [0.5, 0.6) is 0 Å². The Hall–Kier alpha value is -1.82. The molecule has 2 aromatic rings. The number of carbonyl (C=O) groups excluding carboxylic acids is 2. The van der Waals surface area contributed by atoms with Crippen LogP contribution in [-0.4, -0.2) is 23.0 Å². The van der Waals surface area contributed by atoms with Crippen molar-refractivity contribution in [3.05, 3.63) is 57.3 Å². The van der Waals surface area contributed by atoms with Crippen LogP contribution in [0.1, 0.15) is 17.3 Å². The van der Waals surface area contributed by atoms with E-state index in [2.05, 4.69) is 10.3 Å². The van der Waals surface area contributed by atoms with Crippen molar-refractivity contribution >= 4 is 52.4 Å². The molecule has 120 valence electrons. The zero-order valence-corrected chi connectivity index (χ0v) is 14.1. The Labute approximate surface area is 147 Å². The number of nitrogens with zero attached hydrogens (tertiary/aromatic N) is 1. The second-order valence-electron chi connectivity index (χ2n) is 4.50. The summed E-state index contributed by atoms with van der Waals surface area (Å²) < 4.78 is 5.08. The molecule has 23 heavy (non-hydrogen) atoms. The van der Waals surface area contributed by atoms with Crippen molar-refractivity contribution in [1.82, 2.24) is 4.98 Å². The summed E-state index contributed by atoms with van der Waals surface area (Å²) in [6.45, 7) is 1.43. The number of pyridine rings is 1. The minimum absolute atomic E-state index is 0.152. The molecule has 0 bridgehead atoms. The van der Waals surface area contributed by atoms with Gasteiger partial charge in [-0.2, -0.15) is 0 Å². The van der Waals surface area contributed by atoms with E-state index >= 15 is 0 Å². The number of halogens is 3. The Morgan fingerprint density at radius 1 is 1.17 bits per heavy atom. The zero-order valence-electron chi connectivity index (χ0n) is 11.8. The normalized spacial score (nSPS) is 11.7. The minimum Gasteiger partial charge on any atom is -0.449 e. The molecule has 0 unspecified atom stereocenters.